The number of amides is 1. The molecule has 0 spiro atoms. The number of hydrogen-bond donors (Lipinski definition) is 1. The van der Waals surface area contributed by atoms with Gasteiger partial charge in [-0.15, -0.1) is 0 Å². The van der Waals surface area contributed by atoms with Crippen molar-refractivity contribution in [2.45, 2.75) is 6.42 Å². The van der Waals surface area contributed by atoms with E-state index in [4.69, 9.17) is 5.73 Å². The number of carbonyl (C=O) groups is 1. The van der Waals surface area contributed by atoms with Gasteiger partial charge in [0, 0.05) is 12.4 Å². The molecule has 3 nitrogen and oxygen atoms in total. The zero-order chi connectivity index (χ0) is 8.55. The third-order valence-corrected chi connectivity index (χ3v) is 1.98. The van der Waals surface area contributed by atoms with Crippen LogP contribution in [0, 0.1) is 0 Å². The summed E-state index contributed by atoms with van der Waals surface area (Å²) < 4.78 is 0. The van der Waals surface area contributed by atoms with Crippen molar-refractivity contribution in [3.63, 3.8) is 0 Å². The maximum absolute atomic E-state index is 10.9. The minimum Gasteiger partial charge on any atom is -0.366 e. The molecule has 1 aliphatic carbocycles. The van der Waals surface area contributed by atoms with Crippen LogP contribution in [-0.4, -0.2) is 10.9 Å². The van der Waals surface area contributed by atoms with Gasteiger partial charge in [-0.25, -0.2) is 0 Å². The van der Waals surface area contributed by atoms with E-state index in [1.54, 1.807) is 6.20 Å². The van der Waals surface area contributed by atoms with Crippen LogP contribution in [0.1, 0.15) is 21.5 Å². The topological polar surface area (TPSA) is 56.0 Å². The molecule has 1 aromatic rings. The Labute approximate surface area is 69.9 Å². The number of fused-ring (bicyclic) bond motifs is 1. The summed E-state index contributed by atoms with van der Waals surface area (Å²) in [5, 5.41) is 0. The molecule has 0 saturated carbocycles. The zero-order valence-electron chi connectivity index (χ0n) is 6.45. The van der Waals surface area contributed by atoms with Gasteiger partial charge in [0.2, 0.25) is 0 Å². The Hall–Kier alpha value is -1.64. The summed E-state index contributed by atoms with van der Waals surface area (Å²) in [5.74, 6) is -0.400. The lowest BCUT2D eigenvalue weighted by Crippen LogP contribution is -2.14. The van der Waals surface area contributed by atoms with E-state index in [9.17, 15) is 4.79 Å². The summed E-state index contributed by atoms with van der Waals surface area (Å²) in [4.78, 5) is 14.8. The molecule has 0 saturated heterocycles. The molecule has 0 bridgehead atoms. The number of nitrogens with two attached hydrogens (primary N) is 1. The fraction of sp³-hybridized carbons (Fsp3) is 0.111. The predicted molar refractivity (Wildman–Crippen MR) is 45.5 cm³/mol. The first kappa shape index (κ1) is 7.03. The Morgan fingerprint density at radius 3 is 3.08 bits per heavy atom. The average Bonchev–Trinajstić information content (AvgIpc) is 2.49. The molecule has 0 aliphatic heterocycles. The first-order valence-electron chi connectivity index (χ1n) is 3.72. The lowest BCUT2D eigenvalue weighted by Gasteiger charge is -2.02. The molecule has 0 unspecified atom stereocenters. The molecule has 0 radical (unpaired) electrons. The number of allylic oxidation sites excluding steroid dienone is 1. The van der Waals surface area contributed by atoms with E-state index in [2.05, 4.69) is 4.98 Å². The lowest BCUT2D eigenvalue weighted by atomic mass is 10.1. The molecular formula is C9H8N2O. The van der Waals surface area contributed by atoms with E-state index in [-0.39, 0.29) is 0 Å². The molecule has 2 rings (SSSR count). The molecule has 12 heavy (non-hydrogen) atoms. The highest BCUT2D eigenvalue weighted by atomic mass is 16.1. The molecule has 3 heteroatoms. The van der Waals surface area contributed by atoms with Gasteiger partial charge in [0.25, 0.3) is 5.91 Å². The zero-order valence-corrected chi connectivity index (χ0v) is 6.45. The molecule has 1 aromatic heterocycles. The molecule has 60 valence electrons. The van der Waals surface area contributed by atoms with Gasteiger partial charge in [-0.3, -0.25) is 9.78 Å². The van der Waals surface area contributed by atoms with E-state index in [0.717, 1.165) is 17.5 Å². The number of nitrogens with zero attached hydrogens (tertiary/aromatic N) is 1. The van der Waals surface area contributed by atoms with Gasteiger partial charge in [0.1, 0.15) is 0 Å². The largest absolute Gasteiger partial charge is 0.366 e. The minimum absolute atomic E-state index is 0.400. The summed E-state index contributed by atoms with van der Waals surface area (Å²) >= 11 is 0. The van der Waals surface area contributed by atoms with Gasteiger partial charge in [0.15, 0.2) is 0 Å². The maximum Gasteiger partial charge on any atom is 0.250 e. The summed E-state index contributed by atoms with van der Waals surface area (Å²) in [6.07, 6.45) is 8.00. The van der Waals surface area contributed by atoms with Gasteiger partial charge in [-0.05, 0) is 17.5 Å². The number of hydrogen-bond acceptors (Lipinski definition) is 2. The van der Waals surface area contributed by atoms with Gasteiger partial charge in [0.05, 0.1) is 5.56 Å². The molecular weight excluding hydrogens is 152 g/mol. The predicted octanol–water partition coefficient (Wildman–Crippen LogP) is 0.750. The Balaban J connectivity index is 2.60. The van der Waals surface area contributed by atoms with Crippen molar-refractivity contribution in [1.82, 2.24) is 4.98 Å². The second-order valence-corrected chi connectivity index (χ2v) is 2.73. The number of carbonyl (C=O) groups excluding carboxylic acids is 1. The monoisotopic (exact) mass is 160 g/mol. The Morgan fingerprint density at radius 2 is 2.33 bits per heavy atom. The molecule has 0 atom stereocenters. The van der Waals surface area contributed by atoms with E-state index in [1.165, 1.54) is 6.20 Å². The van der Waals surface area contributed by atoms with Crippen molar-refractivity contribution in [1.29, 1.82) is 0 Å². The normalized spacial score (nSPS) is 13.0. The van der Waals surface area contributed by atoms with E-state index in [0.29, 0.717) is 5.56 Å². The first-order valence-corrected chi connectivity index (χ1v) is 3.72. The summed E-state index contributed by atoms with van der Waals surface area (Å²) in [5.41, 5.74) is 7.72. The van der Waals surface area contributed by atoms with Crippen LogP contribution in [0.5, 0.6) is 0 Å². The first-order chi connectivity index (χ1) is 5.79. The Bertz CT molecular complexity index is 369. The highest BCUT2D eigenvalue weighted by molar-refractivity contribution is 5.95. The van der Waals surface area contributed by atoms with Gasteiger partial charge in [-0.1, -0.05) is 12.2 Å². The highest BCUT2D eigenvalue weighted by Gasteiger charge is 2.13. The summed E-state index contributed by atoms with van der Waals surface area (Å²) in [7, 11) is 0. The molecule has 0 fully saturated rings. The fourth-order valence-electron chi connectivity index (χ4n) is 1.39. The number of pyridine rings is 1. The van der Waals surface area contributed by atoms with Crippen LogP contribution in [0.2, 0.25) is 0 Å². The van der Waals surface area contributed by atoms with Crippen molar-refractivity contribution < 1.29 is 4.79 Å². The SMILES string of the molecule is NC(=O)c1cncc2c1CC=C2. The van der Waals surface area contributed by atoms with Gasteiger partial charge < -0.3 is 5.73 Å². The number of rotatable bonds is 1. The molecule has 1 heterocycles. The van der Waals surface area contributed by atoms with Crippen molar-refractivity contribution in [2.75, 3.05) is 0 Å². The summed E-state index contributed by atoms with van der Waals surface area (Å²) in [6.45, 7) is 0. The minimum atomic E-state index is -0.400. The fourth-order valence-corrected chi connectivity index (χ4v) is 1.39. The molecule has 1 amide bonds. The third-order valence-electron chi connectivity index (χ3n) is 1.98. The third kappa shape index (κ3) is 0.906. The Kier molecular flexibility index (Phi) is 1.43. The highest BCUT2D eigenvalue weighted by Crippen LogP contribution is 2.21. The van der Waals surface area contributed by atoms with Crippen LogP contribution in [0.4, 0.5) is 0 Å². The van der Waals surface area contributed by atoms with Crippen LogP contribution in [0.3, 0.4) is 0 Å². The van der Waals surface area contributed by atoms with Gasteiger partial charge in [-0.2, -0.15) is 0 Å². The van der Waals surface area contributed by atoms with E-state index in [1.807, 2.05) is 12.2 Å². The van der Waals surface area contributed by atoms with Gasteiger partial charge >= 0.3 is 0 Å². The van der Waals surface area contributed by atoms with Crippen molar-refractivity contribution in [3.05, 3.63) is 35.2 Å². The van der Waals surface area contributed by atoms with E-state index < -0.39 is 5.91 Å². The molecule has 0 aromatic carbocycles. The summed E-state index contributed by atoms with van der Waals surface area (Å²) in [6, 6.07) is 0. The van der Waals surface area contributed by atoms with Crippen LogP contribution in [0.15, 0.2) is 18.5 Å². The lowest BCUT2D eigenvalue weighted by molar-refractivity contribution is 0.0999. The smallest absolute Gasteiger partial charge is 0.250 e. The van der Waals surface area contributed by atoms with Crippen LogP contribution in [-0.2, 0) is 6.42 Å². The standard InChI is InChI=1S/C9H8N2O/c10-9(12)8-5-11-4-6-2-1-3-7(6)8/h1-2,4-5H,3H2,(H2,10,12). The number of aromatic nitrogens is 1. The Morgan fingerprint density at radius 1 is 1.50 bits per heavy atom. The maximum atomic E-state index is 10.9. The van der Waals surface area contributed by atoms with Crippen LogP contribution < -0.4 is 5.73 Å². The molecule has 1 aliphatic rings. The van der Waals surface area contributed by atoms with Crippen molar-refractivity contribution >= 4 is 12.0 Å². The van der Waals surface area contributed by atoms with Crippen LogP contribution >= 0.6 is 0 Å². The molecule has 2 N–H and O–H groups in total. The quantitative estimate of drug-likeness (QED) is 0.659. The van der Waals surface area contributed by atoms with Crippen molar-refractivity contribution in [3.8, 4) is 0 Å². The number of primary amides is 1. The van der Waals surface area contributed by atoms with E-state index >= 15 is 0 Å². The second-order valence-electron chi connectivity index (χ2n) is 2.73. The average molecular weight is 160 g/mol. The van der Waals surface area contributed by atoms with Crippen molar-refractivity contribution in [2.24, 2.45) is 5.73 Å². The second kappa shape index (κ2) is 2.44. The van der Waals surface area contributed by atoms with Crippen LogP contribution in [0.25, 0.3) is 6.08 Å².